The number of sulfonamides is 1. The van der Waals surface area contributed by atoms with E-state index in [0.717, 1.165) is 5.56 Å². The zero-order valence-electron chi connectivity index (χ0n) is 19.1. The van der Waals surface area contributed by atoms with Crippen LogP contribution in [0.25, 0.3) is 10.9 Å². The molecule has 0 fully saturated rings. The summed E-state index contributed by atoms with van der Waals surface area (Å²) in [5.74, 6) is -0.00461. The van der Waals surface area contributed by atoms with Crippen LogP contribution in [0.2, 0.25) is 0 Å². The van der Waals surface area contributed by atoms with Crippen molar-refractivity contribution >= 4 is 38.6 Å². The van der Waals surface area contributed by atoms with Crippen molar-refractivity contribution in [2.75, 3.05) is 14.1 Å². The van der Waals surface area contributed by atoms with Gasteiger partial charge in [-0.2, -0.15) is 0 Å². The molecule has 3 rings (SSSR count). The Morgan fingerprint density at radius 3 is 2.33 bits per heavy atom. The molecule has 2 N–H and O–H groups in total. The number of nitrogens with zero attached hydrogens (tertiary/aromatic N) is 3. The molecule has 1 atom stereocenters. The van der Waals surface area contributed by atoms with Gasteiger partial charge in [0.25, 0.3) is 5.56 Å². The molecule has 0 saturated heterocycles. The van der Waals surface area contributed by atoms with Gasteiger partial charge in [0.1, 0.15) is 0 Å². The SMILES string of the molecule is CC(C)C(Sc1nc2ccccc2c(=O)n1CCc1ccc(S(N)(=O)=O)cc1)C(=O)N(C)C. The molecule has 0 bridgehead atoms. The second-order valence-corrected chi connectivity index (χ2v) is 11.0. The van der Waals surface area contributed by atoms with E-state index in [0.29, 0.717) is 29.0 Å². The van der Waals surface area contributed by atoms with Crippen LogP contribution in [0, 0.1) is 5.92 Å². The molecular weight excluding hydrogens is 460 g/mol. The molecule has 8 nitrogen and oxygen atoms in total. The van der Waals surface area contributed by atoms with E-state index in [9.17, 15) is 18.0 Å². The van der Waals surface area contributed by atoms with Crippen LogP contribution >= 0.6 is 11.8 Å². The second-order valence-electron chi connectivity index (χ2n) is 8.32. The molecule has 1 heterocycles. The molecule has 0 radical (unpaired) electrons. The normalized spacial score (nSPS) is 12.8. The third-order valence-corrected chi connectivity index (χ3v) is 7.68. The van der Waals surface area contributed by atoms with Crippen LogP contribution < -0.4 is 10.7 Å². The van der Waals surface area contributed by atoms with E-state index in [2.05, 4.69) is 0 Å². The number of benzene rings is 2. The summed E-state index contributed by atoms with van der Waals surface area (Å²) in [7, 11) is -0.340. The highest BCUT2D eigenvalue weighted by molar-refractivity contribution is 8.00. The average Bonchev–Trinajstić information content (AvgIpc) is 2.76. The molecule has 1 amide bonds. The van der Waals surface area contributed by atoms with E-state index < -0.39 is 15.3 Å². The largest absolute Gasteiger partial charge is 0.348 e. The van der Waals surface area contributed by atoms with Crippen molar-refractivity contribution in [2.24, 2.45) is 11.1 Å². The number of amides is 1. The Morgan fingerprint density at radius 1 is 1.12 bits per heavy atom. The van der Waals surface area contributed by atoms with E-state index in [1.165, 1.54) is 23.9 Å². The fourth-order valence-electron chi connectivity index (χ4n) is 3.36. The molecule has 0 saturated carbocycles. The van der Waals surface area contributed by atoms with Gasteiger partial charge in [-0.15, -0.1) is 0 Å². The highest BCUT2D eigenvalue weighted by Gasteiger charge is 2.27. The molecule has 2 aromatic carbocycles. The maximum atomic E-state index is 13.3. The van der Waals surface area contributed by atoms with Crippen molar-refractivity contribution in [3.63, 3.8) is 0 Å². The van der Waals surface area contributed by atoms with Gasteiger partial charge in [0.05, 0.1) is 21.0 Å². The van der Waals surface area contributed by atoms with Crippen LogP contribution in [0.3, 0.4) is 0 Å². The summed E-state index contributed by atoms with van der Waals surface area (Å²) < 4.78 is 24.6. The van der Waals surface area contributed by atoms with Gasteiger partial charge in [0.2, 0.25) is 15.9 Å². The molecule has 1 unspecified atom stereocenters. The van der Waals surface area contributed by atoms with Gasteiger partial charge in [-0.25, -0.2) is 18.5 Å². The van der Waals surface area contributed by atoms with E-state index in [1.54, 1.807) is 53.9 Å². The summed E-state index contributed by atoms with van der Waals surface area (Å²) in [5, 5.41) is 5.76. The van der Waals surface area contributed by atoms with Gasteiger partial charge < -0.3 is 4.90 Å². The van der Waals surface area contributed by atoms with Gasteiger partial charge in [-0.3, -0.25) is 14.2 Å². The first kappa shape index (κ1) is 24.9. The third-order valence-electron chi connectivity index (χ3n) is 5.22. The minimum Gasteiger partial charge on any atom is -0.348 e. The Kier molecular flexibility index (Phi) is 7.61. The first-order valence-electron chi connectivity index (χ1n) is 10.5. The lowest BCUT2D eigenvalue weighted by molar-refractivity contribution is -0.128. The molecule has 10 heteroatoms. The first-order chi connectivity index (χ1) is 15.5. The number of hydrogen-bond donors (Lipinski definition) is 1. The van der Waals surface area contributed by atoms with Gasteiger partial charge in [0.15, 0.2) is 5.16 Å². The number of hydrogen-bond acceptors (Lipinski definition) is 6. The Balaban J connectivity index is 1.99. The highest BCUT2D eigenvalue weighted by atomic mass is 32.2. The molecule has 0 aliphatic rings. The van der Waals surface area contributed by atoms with Crippen molar-refractivity contribution in [3.05, 3.63) is 64.4 Å². The van der Waals surface area contributed by atoms with E-state index >= 15 is 0 Å². The molecule has 3 aromatic rings. The van der Waals surface area contributed by atoms with Crippen LogP contribution in [-0.4, -0.2) is 48.1 Å². The van der Waals surface area contributed by atoms with Crippen molar-refractivity contribution < 1.29 is 13.2 Å². The van der Waals surface area contributed by atoms with Crippen LogP contribution in [0.5, 0.6) is 0 Å². The van der Waals surface area contributed by atoms with Crippen LogP contribution in [0.4, 0.5) is 0 Å². The molecule has 0 aliphatic heterocycles. The Labute approximate surface area is 197 Å². The molecule has 176 valence electrons. The zero-order chi connectivity index (χ0) is 24.3. The van der Waals surface area contributed by atoms with E-state index in [-0.39, 0.29) is 22.3 Å². The van der Waals surface area contributed by atoms with E-state index in [1.807, 2.05) is 19.9 Å². The van der Waals surface area contributed by atoms with Crippen molar-refractivity contribution in [2.45, 2.75) is 42.1 Å². The lowest BCUT2D eigenvalue weighted by atomic mass is 10.1. The number of rotatable bonds is 8. The lowest BCUT2D eigenvalue weighted by Crippen LogP contribution is -2.36. The monoisotopic (exact) mass is 488 g/mol. The predicted octanol–water partition coefficient (Wildman–Crippen LogP) is 2.49. The summed E-state index contributed by atoms with van der Waals surface area (Å²) in [4.78, 5) is 32.4. The van der Waals surface area contributed by atoms with Crippen LogP contribution in [0.1, 0.15) is 19.4 Å². The third kappa shape index (κ3) is 5.82. The maximum Gasteiger partial charge on any atom is 0.262 e. The Bertz CT molecular complexity index is 1320. The number of thioether (sulfide) groups is 1. The minimum absolute atomic E-state index is 0.0347. The molecular formula is C23H28N4O4S2. The summed E-state index contributed by atoms with van der Waals surface area (Å²) in [6.07, 6.45) is 0.479. The maximum absolute atomic E-state index is 13.3. The van der Waals surface area contributed by atoms with E-state index in [4.69, 9.17) is 10.1 Å². The van der Waals surface area contributed by atoms with Gasteiger partial charge in [0, 0.05) is 20.6 Å². The number of fused-ring (bicyclic) bond motifs is 1. The topological polar surface area (TPSA) is 115 Å². The molecule has 0 aliphatic carbocycles. The number of aromatic nitrogens is 2. The standard InChI is InChI=1S/C23H28N4O4S2/c1-15(2)20(22(29)26(3)4)32-23-25-19-8-6-5-7-18(19)21(28)27(23)14-13-16-9-11-17(12-10-16)33(24,30)31/h5-12,15,20H,13-14H2,1-4H3,(H2,24,30,31). The second kappa shape index (κ2) is 10.1. The Morgan fingerprint density at radius 2 is 1.76 bits per heavy atom. The average molecular weight is 489 g/mol. The highest BCUT2D eigenvalue weighted by Crippen LogP contribution is 2.29. The minimum atomic E-state index is -3.77. The smallest absolute Gasteiger partial charge is 0.262 e. The predicted molar refractivity (Wildman–Crippen MR) is 131 cm³/mol. The Hall–Kier alpha value is -2.69. The number of primary sulfonamides is 1. The fraction of sp³-hybridized carbons (Fsp3) is 0.348. The zero-order valence-corrected chi connectivity index (χ0v) is 20.7. The number of para-hydroxylation sites is 1. The number of carbonyl (C=O) groups excluding carboxylic acids is 1. The van der Waals surface area contributed by atoms with Gasteiger partial charge in [-0.05, 0) is 42.2 Å². The first-order valence-corrected chi connectivity index (χ1v) is 12.9. The number of carbonyl (C=O) groups is 1. The summed E-state index contributed by atoms with van der Waals surface area (Å²) >= 11 is 1.29. The summed E-state index contributed by atoms with van der Waals surface area (Å²) in [5.41, 5.74) is 1.26. The molecule has 1 aromatic heterocycles. The molecule has 0 spiro atoms. The van der Waals surface area contributed by atoms with Crippen LogP contribution in [-0.2, 0) is 27.8 Å². The van der Waals surface area contributed by atoms with Gasteiger partial charge in [-0.1, -0.05) is 49.9 Å². The summed E-state index contributed by atoms with van der Waals surface area (Å²) in [6, 6.07) is 13.4. The number of aryl methyl sites for hydroxylation is 1. The van der Waals surface area contributed by atoms with Gasteiger partial charge >= 0.3 is 0 Å². The van der Waals surface area contributed by atoms with Crippen molar-refractivity contribution in [1.29, 1.82) is 0 Å². The van der Waals surface area contributed by atoms with Crippen molar-refractivity contribution in [1.82, 2.24) is 14.5 Å². The van der Waals surface area contributed by atoms with Crippen molar-refractivity contribution in [3.8, 4) is 0 Å². The van der Waals surface area contributed by atoms with Crippen LogP contribution in [0.15, 0.2) is 63.4 Å². The number of nitrogens with two attached hydrogens (primary N) is 1. The quantitative estimate of drug-likeness (QED) is 0.385. The fourth-order valence-corrected chi connectivity index (χ4v) is 5.14. The lowest BCUT2D eigenvalue weighted by Gasteiger charge is -2.24. The summed E-state index contributed by atoms with van der Waals surface area (Å²) in [6.45, 7) is 4.26. The molecule has 33 heavy (non-hydrogen) atoms.